The van der Waals surface area contributed by atoms with E-state index in [2.05, 4.69) is 5.32 Å². The quantitative estimate of drug-likeness (QED) is 0.866. The first-order valence-corrected chi connectivity index (χ1v) is 7.18. The average molecular weight is 277 g/mol. The molecule has 3 unspecified atom stereocenters. The van der Waals surface area contributed by atoms with E-state index in [0.29, 0.717) is 5.75 Å². The average Bonchev–Trinajstić information content (AvgIpc) is 2.82. The molecule has 1 saturated carbocycles. The van der Waals surface area contributed by atoms with Gasteiger partial charge in [-0.2, -0.15) is 0 Å². The predicted molar refractivity (Wildman–Crippen MR) is 77.5 cm³/mol. The lowest BCUT2D eigenvalue weighted by Crippen LogP contribution is -2.48. The summed E-state index contributed by atoms with van der Waals surface area (Å²) in [5.74, 6) is 0.562. The summed E-state index contributed by atoms with van der Waals surface area (Å²) < 4.78 is 5.61. The van der Waals surface area contributed by atoms with Crippen LogP contribution in [0.2, 0.25) is 0 Å². The largest absolute Gasteiger partial charge is 0.481 e. The third kappa shape index (κ3) is 3.31. The van der Waals surface area contributed by atoms with Crippen LogP contribution < -0.4 is 10.1 Å². The second-order valence-corrected chi connectivity index (χ2v) is 5.84. The van der Waals surface area contributed by atoms with Crippen molar-refractivity contribution in [3.05, 3.63) is 30.3 Å². The molecule has 0 saturated heterocycles. The highest BCUT2D eigenvalue weighted by Gasteiger charge is 2.39. The number of hydrogen-bond donors (Lipinski definition) is 2. The fourth-order valence-corrected chi connectivity index (χ4v) is 2.71. The van der Waals surface area contributed by atoms with Gasteiger partial charge < -0.3 is 15.2 Å². The van der Waals surface area contributed by atoms with Crippen molar-refractivity contribution in [2.45, 2.75) is 45.3 Å². The molecule has 1 aliphatic carbocycles. The molecule has 20 heavy (non-hydrogen) atoms. The first kappa shape index (κ1) is 14.9. The van der Waals surface area contributed by atoms with Crippen LogP contribution in [0.1, 0.15) is 33.1 Å². The van der Waals surface area contributed by atoms with Gasteiger partial charge in [-0.3, -0.25) is 4.79 Å². The number of hydrogen-bond acceptors (Lipinski definition) is 3. The van der Waals surface area contributed by atoms with Crippen molar-refractivity contribution in [2.24, 2.45) is 5.41 Å². The highest BCUT2D eigenvalue weighted by Crippen LogP contribution is 2.37. The summed E-state index contributed by atoms with van der Waals surface area (Å²) in [4.78, 5) is 12.2. The molecular weight excluding hydrogens is 254 g/mol. The standard InChI is InChI=1S/C16H23NO3/c1-12(20-13-7-4-3-5-8-13)15(19)17-14-9-6-10-16(14,2)11-18/h3-5,7-8,12,14,18H,6,9-11H2,1-2H3,(H,17,19). The van der Waals surface area contributed by atoms with Crippen LogP contribution in [0.4, 0.5) is 0 Å². The van der Waals surface area contributed by atoms with Crippen molar-refractivity contribution in [1.29, 1.82) is 0 Å². The van der Waals surface area contributed by atoms with Crippen LogP contribution in [0.3, 0.4) is 0 Å². The number of carbonyl (C=O) groups is 1. The fourth-order valence-electron chi connectivity index (χ4n) is 2.71. The third-order valence-electron chi connectivity index (χ3n) is 4.18. The third-order valence-corrected chi connectivity index (χ3v) is 4.18. The van der Waals surface area contributed by atoms with Crippen LogP contribution in [0.25, 0.3) is 0 Å². The SMILES string of the molecule is CC(Oc1ccccc1)C(=O)NC1CCCC1(C)CO. The Morgan fingerprint density at radius 1 is 1.50 bits per heavy atom. The zero-order valence-corrected chi connectivity index (χ0v) is 12.1. The van der Waals surface area contributed by atoms with Gasteiger partial charge in [-0.25, -0.2) is 0 Å². The van der Waals surface area contributed by atoms with E-state index < -0.39 is 6.10 Å². The summed E-state index contributed by atoms with van der Waals surface area (Å²) in [6.07, 6.45) is 2.36. The van der Waals surface area contributed by atoms with Crippen LogP contribution in [0, 0.1) is 5.41 Å². The van der Waals surface area contributed by atoms with Crippen molar-refractivity contribution in [1.82, 2.24) is 5.32 Å². The molecule has 2 rings (SSSR count). The molecule has 0 aliphatic heterocycles. The summed E-state index contributed by atoms with van der Waals surface area (Å²) >= 11 is 0. The fraction of sp³-hybridized carbons (Fsp3) is 0.562. The zero-order valence-electron chi connectivity index (χ0n) is 12.1. The molecule has 2 N–H and O–H groups in total. The molecule has 0 bridgehead atoms. The first-order valence-electron chi connectivity index (χ1n) is 7.18. The second kappa shape index (κ2) is 6.27. The molecule has 110 valence electrons. The Labute approximate surface area is 120 Å². The van der Waals surface area contributed by atoms with E-state index >= 15 is 0 Å². The van der Waals surface area contributed by atoms with Gasteiger partial charge >= 0.3 is 0 Å². The van der Waals surface area contributed by atoms with Crippen molar-refractivity contribution in [3.63, 3.8) is 0 Å². The maximum absolute atomic E-state index is 12.2. The number of amides is 1. The molecule has 1 aliphatic rings. The van der Waals surface area contributed by atoms with Crippen LogP contribution in [0.5, 0.6) is 5.75 Å². The number of rotatable bonds is 5. The number of ether oxygens (including phenoxy) is 1. The van der Waals surface area contributed by atoms with E-state index in [-0.39, 0.29) is 24.0 Å². The minimum Gasteiger partial charge on any atom is -0.481 e. The summed E-state index contributed by atoms with van der Waals surface area (Å²) in [5.41, 5.74) is -0.206. The lowest BCUT2D eigenvalue weighted by molar-refractivity contribution is -0.128. The Bertz CT molecular complexity index is 448. The molecule has 1 fully saturated rings. The van der Waals surface area contributed by atoms with Gasteiger partial charge in [-0.1, -0.05) is 31.5 Å². The Morgan fingerprint density at radius 3 is 2.85 bits per heavy atom. The first-order chi connectivity index (χ1) is 9.55. The van der Waals surface area contributed by atoms with Gasteiger partial charge in [0.1, 0.15) is 5.75 Å². The van der Waals surface area contributed by atoms with Gasteiger partial charge in [-0.15, -0.1) is 0 Å². The summed E-state index contributed by atoms with van der Waals surface area (Å²) in [6, 6.07) is 9.35. The monoisotopic (exact) mass is 277 g/mol. The van der Waals surface area contributed by atoms with E-state index in [0.717, 1.165) is 19.3 Å². The van der Waals surface area contributed by atoms with Crippen LogP contribution in [-0.2, 0) is 4.79 Å². The van der Waals surface area contributed by atoms with Gasteiger partial charge in [-0.05, 0) is 31.9 Å². The minimum atomic E-state index is -0.541. The number of para-hydroxylation sites is 1. The Balaban J connectivity index is 1.91. The van der Waals surface area contributed by atoms with Gasteiger partial charge in [0, 0.05) is 11.5 Å². The molecule has 1 aromatic carbocycles. The van der Waals surface area contributed by atoms with Gasteiger partial charge in [0.25, 0.3) is 5.91 Å². The number of aliphatic hydroxyl groups is 1. The van der Waals surface area contributed by atoms with Crippen LogP contribution in [-0.4, -0.2) is 29.8 Å². The van der Waals surface area contributed by atoms with Gasteiger partial charge in [0.2, 0.25) is 0 Å². The molecule has 1 amide bonds. The van der Waals surface area contributed by atoms with Gasteiger partial charge in [0.05, 0.1) is 6.61 Å². The van der Waals surface area contributed by atoms with Crippen molar-refractivity contribution in [2.75, 3.05) is 6.61 Å². The molecule has 0 spiro atoms. The molecule has 0 radical (unpaired) electrons. The highest BCUT2D eigenvalue weighted by atomic mass is 16.5. The molecule has 3 atom stereocenters. The lowest BCUT2D eigenvalue weighted by atomic mass is 9.86. The topological polar surface area (TPSA) is 58.6 Å². The number of nitrogens with one attached hydrogen (secondary N) is 1. The van der Waals surface area contributed by atoms with E-state index in [4.69, 9.17) is 4.74 Å². The predicted octanol–water partition coefficient (Wildman–Crippen LogP) is 2.12. The summed E-state index contributed by atoms with van der Waals surface area (Å²) in [7, 11) is 0. The molecular formula is C16H23NO3. The normalized spacial score (nSPS) is 27.1. The van der Waals surface area contributed by atoms with Crippen LogP contribution in [0.15, 0.2) is 30.3 Å². The van der Waals surface area contributed by atoms with Crippen LogP contribution >= 0.6 is 0 Å². The Kier molecular flexibility index (Phi) is 4.65. The molecule has 0 heterocycles. The van der Waals surface area contributed by atoms with E-state index in [9.17, 15) is 9.90 Å². The maximum atomic E-state index is 12.2. The molecule has 0 aromatic heterocycles. The highest BCUT2D eigenvalue weighted by molar-refractivity contribution is 5.81. The van der Waals surface area contributed by atoms with E-state index in [1.54, 1.807) is 6.92 Å². The van der Waals surface area contributed by atoms with Crippen molar-refractivity contribution < 1.29 is 14.6 Å². The van der Waals surface area contributed by atoms with Gasteiger partial charge in [0.15, 0.2) is 6.10 Å². The summed E-state index contributed by atoms with van der Waals surface area (Å²) in [5, 5.41) is 12.5. The van der Waals surface area contributed by atoms with E-state index in [1.165, 1.54) is 0 Å². The second-order valence-electron chi connectivity index (χ2n) is 5.84. The Morgan fingerprint density at radius 2 is 2.20 bits per heavy atom. The number of benzene rings is 1. The molecule has 4 heteroatoms. The zero-order chi connectivity index (χ0) is 14.6. The summed E-state index contributed by atoms with van der Waals surface area (Å²) in [6.45, 7) is 3.87. The van der Waals surface area contributed by atoms with Crippen molar-refractivity contribution >= 4 is 5.91 Å². The smallest absolute Gasteiger partial charge is 0.261 e. The van der Waals surface area contributed by atoms with Crippen molar-refractivity contribution in [3.8, 4) is 5.75 Å². The Hall–Kier alpha value is -1.55. The number of carbonyl (C=O) groups excluding carboxylic acids is 1. The number of aliphatic hydroxyl groups excluding tert-OH is 1. The minimum absolute atomic E-state index is 0.0295. The molecule has 1 aromatic rings. The van der Waals surface area contributed by atoms with E-state index in [1.807, 2.05) is 37.3 Å². The molecule has 4 nitrogen and oxygen atoms in total. The maximum Gasteiger partial charge on any atom is 0.261 e. The lowest BCUT2D eigenvalue weighted by Gasteiger charge is -2.31.